The SMILES string of the molecule is Cc1ccccc1CNC(=O)[C@]1(C)CCCN(C(=O)Nc2ccc(Br)cc2)C1. The molecule has 6 heteroatoms. The highest BCUT2D eigenvalue weighted by Crippen LogP contribution is 2.30. The van der Waals surface area contributed by atoms with Crippen LogP contribution in [0.4, 0.5) is 10.5 Å². The van der Waals surface area contributed by atoms with Gasteiger partial charge in [-0.3, -0.25) is 4.79 Å². The molecule has 0 bridgehead atoms. The fraction of sp³-hybridized carbons (Fsp3) is 0.364. The van der Waals surface area contributed by atoms with E-state index in [2.05, 4.69) is 26.6 Å². The van der Waals surface area contributed by atoms with E-state index in [0.717, 1.165) is 34.1 Å². The summed E-state index contributed by atoms with van der Waals surface area (Å²) in [5.41, 5.74) is 2.43. The molecule has 2 aromatic rings. The fourth-order valence-electron chi connectivity index (χ4n) is 3.53. The van der Waals surface area contributed by atoms with Crippen LogP contribution < -0.4 is 10.6 Å². The van der Waals surface area contributed by atoms with Crippen LogP contribution in [0.2, 0.25) is 0 Å². The normalized spacial score (nSPS) is 19.2. The first-order valence-corrected chi connectivity index (χ1v) is 10.3. The summed E-state index contributed by atoms with van der Waals surface area (Å²) in [6.45, 7) is 5.56. The first kappa shape index (κ1) is 20.4. The maximum absolute atomic E-state index is 12.9. The van der Waals surface area contributed by atoms with E-state index in [1.54, 1.807) is 4.90 Å². The van der Waals surface area contributed by atoms with Crippen LogP contribution in [0.5, 0.6) is 0 Å². The number of halogens is 1. The monoisotopic (exact) mass is 443 g/mol. The Hall–Kier alpha value is -2.34. The molecule has 5 nitrogen and oxygen atoms in total. The molecule has 0 unspecified atom stereocenters. The van der Waals surface area contributed by atoms with Crippen molar-refractivity contribution in [2.45, 2.75) is 33.2 Å². The molecule has 1 aliphatic heterocycles. The smallest absolute Gasteiger partial charge is 0.321 e. The van der Waals surface area contributed by atoms with Crippen LogP contribution in [-0.2, 0) is 11.3 Å². The summed E-state index contributed by atoms with van der Waals surface area (Å²) in [6.07, 6.45) is 1.58. The molecule has 2 aromatic carbocycles. The molecule has 0 spiro atoms. The van der Waals surface area contributed by atoms with E-state index in [-0.39, 0.29) is 11.9 Å². The first-order valence-electron chi connectivity index (χ1n) is 9.52. The van der Waals surface area contributed by atoms with E-state index >= 15 is 0 Å². The number of benzene rings is 2. The summed E-state index contributed by atoms with van der Waals surface area (Å²) in [4.78, 5) is 27.3. The number of carbonyl (C=O) groups excluding carboxylic acids is 2. The van der Waals surface area contributed by atoms with Gasteiger partial charge in [-0.05, 0) is 62.1 Å². The van der Waals surface area contributed by atoms with Crippen molar-refractivity contribution in [2.75, 3.05) is 18.4 Å². The average Bonchev–Trinajstić information content (AvgIpc) is 2.69. The molecule has 0 radical (unpaired) electrons. The van der Waals surface area contributed by atoms with Crippen LogP contribution >= 0.6 is 15.9 Å². The molecule has 3 rings (SSSR count). The van der Waals surface area contributed by atoms with E-state index in [1.807, 2.05) is 62.4 Å². The number of hydrogen-bond acceptors (Lipinski definition) is 2. The molecule has 3 amide bonds. The molecule has 0 saturated carbocycles. The molecule has 0 aliphatic carbocycles. The average molecular weight is 444 g/mol. The van der Waals surface area contributed by atoms with Crippen molar-refractivity contribution in [3.63, 3.8) is 0 Å². The predicted octanol–water partition coefficient (Wildman–Crippen LogP) is 4.71. The Morgan fingerprint density at radius 1 is 1.14 bits per heavy atom. The van der Waals surface area contributed by atoms with Crippen molar-refractivity contribution in [3.05, 3.63) is 64.1 Å². The Balaban J connectivity index is 1.60. The number of amides is 3. The van der Waals surface area contributed by atoms with Gasteiger partial charge < -0.3 is 15.5 Å². The fourth-order valence-corrected chi connectivity index (χ4v) is 3.80. The van der Waals surface area contributed by atoms with Crippen molar-refractivity contribution in [3.8, 4) is 0 Å². The Kier molecular flexibility index (Phi) is 6.39. The summed E-state index contributed by atoms with van der Waals surface area (Å²) in [7, 11) is 0. The van der Waals surface area contributed by atoms with Gasteiger partial charge in [0.25, 0.3) is 0 Å². The highest BCUT2D eigenvalue weighted by molar-refractivity contribution is 9.10. The van der Waals surface area contributed by atoms with E-state index in [0.29, 0.717) is 19.6 Å². The first-order chi connectivity index (χ1) is 13.4. The lowest BCUT2D eigenvalue weighted by atomic mass is 9.81. The third-order valence-electron chi connectivity index (χ3n) is 5.33. The maximum atomic E-state index is 12.9. The molecule has 1 fully saturated rings. The van der Waals surface area contributed by atoms with Gasteiger partial charge in [-0.15, -0.1) is 0 Å². The minimum Gasteiger partial charge on any atom is -0.351 e. The van der Waals surface area contributed by atoms with Gasteiger partial charge >= 0.3 is 6.03 Å². The van der Waals surface area contributed by atoms with Gasteiger partial charge in [-0.2, -0.15) is 0 Å². The quantitative estimate of drug-likeness (QED) is 0.718. The highest BCUT2D eigenvalue weighted by atomic mass is 79.9. The van der Waals surface area contributed by atoms with E-state index in [9.17, 15) is 9.59 Å². The Bertz CT molecular complexity index is 853. The lowest BCUT2D eigenvalue weighted by Gasteiger charge is -2.39. The second-order valence-electron chi connectivity index (χ2n) is 7.63. The van der Waals surface area contributed by atoms with Crippen molar-refractivity contribution < 1.29 is 9.59 Å². The molecule has 1 saturated heterocycles. The molecular weight excluding hydrogens is 418 g/mol. The van der Waals surface area contributed by atoms with Gasteiger partial charge in [-0.25, -0.2) is 4.79 Å². The number of carbonyl (C=O) groups is 2. The van der Waals surface area contributed by atoms with E-state index in [4.69, 9.17) is 0 Å². The zero-order chi connectivity index (χ0) is 20.1. The number of anilines is 1. The van der Waals surface area contributed by atoms with Gasteiger partial charge in [0.05, 0.1) is 5.41 Å². The predicted molar refractivity (Wildman–Crippen MR) is 115 cm³/mol. The molecule has 148 valence electrons. The number of piperidine rings is 1. The molecule has 2 N–H and O–H groups in total. The van der Waals surface area contributed by atoms with Crippen molar-refractivity contribution >= 4 is 33.6 Å². The van der Waals surface area contributed by atoms with E-state index in [1.165, 1.54) is 0 Å². The highest BCUT2D eigenvalue weighted by Gasteiger charge is 2.39. The van der Waals surface area contributed by atoms with Crippen LogP contribution in [0.15, 0.2) is 53.0 Å². The standard InChI is InChI=1S/C22H26BrN3O2/c1-16-6-3-4-7-17(16)14-24-20(27)22(2)12-5-13-26(15-22)21(28)25-19-10-8-18(23)9-11-19/h3-4,6-11H,5,12-15H2,1-2H3,(H,24,27)(H,25,28)/t22-/m1/s1. The van der Waals surface area contributed by atoms with Gasteiger partial charge in [0, 0.05) is 29.8 Å². The van der Waals surface area contributed by atoms with Crippen molar-refractivity contribution in [1.82, 2.24) is 10.2 Å². The Labute approximate surface area is 174 Å². The molecule has 1 atom stereocenters. The van der Waals surface area contributed by atoms with Gasteiger partial charge in [0.15, 0.2) is 0 Å². The Morgan fingerprint density at radius 3 is 2.57 bits per heavy atom. The third kappa shape index (κ3) is 4.93. The summed E-state index contributed by atoms with van der Waals surface area (Å²) < 4.78 is 0.960. The Morgan fingerprint density at radius 2 is 1.86 bits per heavy atom. The van der Waals surface area contributed by atoms with Crippen LogP contribution in [0, 0.1) is 12.3 Å². The third-order valence-corrected chi connectivity index (χ3v) is 5.86. The second kappa shape index (κ2) is 8.78. The summed E-state index contributed by atoms with van der Waals surface area (Å²) in [6, 6.07) is 15.3. The van der Waals surface area contributed by atoms with E-state index < -0.39 is 5.41 Å². The number of likely N-dealkylation sites (tertiary alicyclic amines) is 1. The molecule has 1 heterocycles. The van der Waals surface area contributed by atoms with Gasteiger partial charge in [0.1, 0.15) is 0 Å². The topological polar surface area (TPSA) is 61.4 Å². The van der Waals surface area contributed by atoms with Crippen LogP contribution in [0.25, 0.3) is 0 Å². The molecule has 28 heavy (non-hydrogen) atoms. The number of hydrogen-bond donors (Lipinski definition) is 2. The number of aryl methyl sites for hydroxylation is 1. The second-order valence-corrected chi connectivity index (χ2v) is 8.55. The molecule has 1 aliphatic rings. The van der Waals surface area contributed by atoms with Gasteiger partial charge in [-0.1, -0.05) is 40.2 Å². The zero-order valence-corrected chi connectivity index (χ0v) is 17.9. The summed E-state index contributed by atoms with van der Waals surface area (Å²) >= 11 is 3.39. The number of nitrogens with one attached hydrogen (secondary N) is 2. The molecule has 0 aromatic heterocycles. The van der Waals surface area contributed by atoms with Gasteiger partial charge in [0.2, 0.25) is 5.91 Å². The van der Waals surface area contributed by atoms with Crippen molar-refractivity contribution in [2.24, 2.45) is 5.41 Å². The number of rotatable bonds is 4. The van der Waals surface area contributed by atoms with Crippen molar-refractivity contribution in [1.29, 1.82) is 0 Å². The van der Waals surface area contributed by atoms with Crippen LogP contribution in [-0.4, -0.2) is 29.9 Å². The summed E-state index contributed by atoms with van der Waals surface area (Å²) in [5.74, 6) is -0.00288. The maximum Gasteiger partial charge on any atom is 0.321 e. The summed E-state index contributed by atoms with van der Waals surface area (Å²) in [5, 5.41) is 5.98. The number of nitrogens with zero attached hydrogens (tertiary/aromatic N) is 1. The largest absolute Gasteiger partial charge is 0.351 e. The minimum atomic E-state index is -0.585. The van der Waals surface area contributed by atoms with Crippen LogP contribution in [0.1, 0.15) is 30.9 Å². The minimum absolute atomic E-state index is 0.00288. The lowest BCUT2D eigenvalue weighted by Crippen LogP contribution is -2.52. The molecular formula is C22H26BrN3O2. The lowest BCUT2D eigenvalue weighted by molar-refractivity contribution is -0.132. The number of urea groups is 1. The zero-order valence-electron chi connectivity index (χ0n) is 16.3. The van der Waals surface area contributed by atoms with Crippen LogP contribution in [0.3, 0.4) is 0 Å².